The lowest BCUT2D eigenvalue weighted by Gasteiger charge is -2.26. The summed E-state index contributed by atoms with van der Waals surface area (Å²) in [5.41, 5.74) is -3.43. The predicted octanol–water partition coefficient (Wildman–Crippen LogP) is 3.38. The van der Waals surface area contributed by atoms with Gasteiger partial charge in [0.05, 0.1) is 34.5 Å². The number of anilines is 1. The molecule has 1 fully saturated rings. The number of nitrogens with zero attached hydrogens (tertiary/aromatic N) is 2. The molecule has 1 atom stereocenters. The first-order valence-corrected chi connectivity index (χ1v) is 8.45. The van der Waals surface area contributed by atoms with Crippen LogP contribution in [0.5, 0.6) is 0 Å². The van der Waals surface area contributed by atoms with Gasteiger partial charge in [-0.15, -0.1) is 0 Å². The van der Waals surface area contributed by atoms with Crippen molar-refractivity contribution in [1.82, 2.24) is 5.32 Å². The lowest BCUT2D eigenvalue weighted by Crippen LogP contribution is -2.40. The highest BCUT2D eigenvalue weighted by atomic mass is 19.4. The molecule has 2 N–H and O–H groups in total. The summed E-state index contributed by atoms with van der Waals surface area (Å²) < 4.78 is 45.7. The second-order valence-electron chi connectivity index (χ2n) is 7.41. The molecule has 0 unspecified atom stereocenters. The Balaban J connectivity index is 2.34. The quantitative estimate of drug-likeness (QED) is 0.808. The van der Waals surface area contributed by atoms with E-state index in [1.165, 1.54) is 4.90 Å². The molecule has 7 nitrogen and oxygen atoms in total. The molecule has 0 aromatic heterocycles. The molecular weight excluding hydrogens is 379 g/mol. The van der Waals surface area contributed by atoms with Crippen LogP contribution in [0.3, 0.4) is 0 Å². The largest absolute Gasteiger partial charge is 0.478 e. The maximum absolute atomic E-state index is 13.5. The van der Waals surface area contributed by atoms with Gasteiger partial charge in [0.25, 0.3) is 0 Å². The minimum atomic E-state index is -4.84. The van der Waals surface area contributed by atoms with Gasteiger partial charge in [-0.3, -0.25) is 0 Å². The third-order valence-electron chi connectivity index (χ3n) is 4.00. The van der Waals surface area contributed by atoms with Crippen LogP contribution in [-0.4, -0.2) is 41.9 Å². The van der Waals surface area contributed by atoms with Crippen LogP contribution in [0.4, 0.5) is 23.7 Å². The van der Waals surface area contributed by atoms with E-state index in [1.54, 1.807) is 26.8 Å². The maximum Gasteiger partial charge on any atom is 0.418 e. The first-order chi connectivity index (χ1) is 12.8. The third-order valence-corrected chi connectivity index (χ3v) is 4.00. The van der Waals surface area contributed by atoms with Crippen molar-refractivity contribution in [3.8, 4) is 6.07 Å². The van der Waals surface area contributed by atoms with Crippen molar-refractivity contribution < 1.29 is 32.6 Å². The number of hydrogen-bond donors (Lipinski definition) is 2. The molecule has 0 aliphatic carbocycles. The smallest absolute Gasteiger partial charge is 0.418 e. The van der Waals surface area contributed by atoms with Gasteiger partial charge in [0.15, 0.2) is 0 Å². The molecule has 0 radical (unpaired) electrons. The Morgan fingerprint density at radius 1 is 1.32 bits per heavy atom. The summed E-state index contributed by atoms with van der Waals surface area (Å²) in [5, 5.41) is 20.9. The fourth-order valence-corrected chi connectivity index (χ4v) is 2.97. The fourth-order valence-electron chi connectivity index (χ4n) is 2.97. The van der Waals surface area contributed by atoms with Crippen molar-refractivity contribution in [3.63, 3.8) is 0 Å². The Labute approximate surface area is 159 Å². The van der Waals surface area contributed by atoms with Crippen molar-refractivity contribution >= 4 is 17.7 Å². The summed E-state index contributed by atoms with van der Waals surface area (Å²) in [5.74, 6) is -1.57. The molecule has 1 heterocycles. The monoisotopic (exact) mass is 399 g/mol. The Hall–Kier alpha value is -2.96. The van der Waals surface area contributed by atoms with E-state index in [1.807, 2.05) is 0 Å². The zero-order valence-corrected chi connectivity index (χ0v) is 15.6. The van der Waals surface area contributed by atoms with Crippen LogP contribution in [0.2, 0.25) is 0 Å². The van der Waals surface area contributed by atoms with E-state index in [0.29, 0.717) is 12.5 Å². The van der Waals surface area contributed by atoms with Crippen LogP contribution in [0, 0.1) is 11.3 Å². The van der Waals surface area contributed by atoms with Crippen LogP contribution >= 0.6 is 0 Å². The molecule has 0 bridgehead atoms. The number of amides is 1. The number of halogens is 3. The first kappa shape index (κ1) is 21.3. The van der Waals surface area contributed by atoms with E-state index >= 15 is 0 Å². The van der Waals surface area contributed by atoms with Crippen molar-refractivity contribution in [2.75, 3.05) is 18.0 Å². The van der Waals surface area contributed by atoms with Gasteiger partial charge >= 0.3 is 18.2 Å². The van der Waals surface area contributed by atoms with Gasteiger partial charge in [-0.05, 0) is 39.3 Å². The number of alkyl carbamates (subject to hydrolysis) is 1. The second-order valence-corrected chi connectivity index (χ2v) is 7.41. The summed E-state index contributed by atoms with van der Waals surface area (Å²) in [7, 11) is 0. The van der Waals surface area contributed by atoms with Crippen LogP contribution in [0.1, 0.15) is 48.7 Å². The average molecular weight is 399 g/mol. The number of alkyl halides is 3. The Morgan fingerprint density at radius 3 is 2.46 bits per heavy atom. The molecular formula is C18H20F3N3O4. The van der Waals surface area contributed by atoms with Gasteiger partial charge in [-0.25, -0.2) is 9.59 Å². The van der Waals surface area contributed by atoms with Crippen LogP contribution in [0.25, 0.3) is 0 Å². The van der Waals surface area contributed by atoms with Gasteiger partial charge in [0, 0.05) is 13.1 Å². The summed E-state index contributed by atoms with van der Waals surface area (Å²) >= 11 is 0. The minimum absolute atomic E-state index is 0.0193. The lowest BCUT2D eigenvalue weighted by atomic mass is 10.0. The number of aromatic carboxylic acids is 1. The number of carbonyl (C=O) groups is 2. The van der Waals surface area contributed by atoms with E-state index in [2.05, 4.69) is 5.32 Å². The van der Waals surface area contributed by atoms with Crippen molar-refractivity contribution in [1.29, 1.82) is 5.26 Å². The zero-order chi connectivity index (χ0) is 21.3. The van der Waals surface area contributed by atoms with Gasteiger partial charge in [-0.1, -0.05) is 0 Å². The minimum Gasteiger partial charge on any atom is -0.478 e. The molecule has 1 saturated heterocycles. The van der Waals surface area contributed by atoms with Gasteiger partial charge in [0.1, 0.15) is 5.60 Å². The number of carbonyl (C=O) groups excluding carboxylic acids is 1. The Bertz CT molecular complexity index is 825. The molecule has 1 aliphatic rings. The van der Waals surface area contributed by atoms with Crippen LogP contribution in [0.15, 0.2) is 12.1 Å². The summed E-state index contributed by atoms with van der Waals surface area (Å²) in [6.45, 7) is 5.13. The third kappa shape index (κ3) is 5.06. The molecule has 10 heteroatoms. The van der Waals surface area contributed by atoms with E-state index < -0.39 is 52.3 Å². The lowest BCUT2D eigenvalue weighted by molar-refractivity contribution is -0.137. The number of benzene rings is 1. The van der Waals surface area contributed by atoms with Crippen molar-refractivity contribution in [2.24, 2.45) is 0 Å². The first-order valence-electron chi connectivity index (χ1n) is 8.45. The van der Waals surface area contributed by atoms with Crippen molar-refractivity contribution in [2.45, 2.75) is 45.0 Å². The van der Waals surface area contributed by atoms with Gasteiger partial charge in [-0.2, -0.15) is 18.4 Å². The number of carboxylic acid groups (broad SMARTS) is 1. The molecule has 152 valence electrons. The summed E-state index contributed by atoms with van der Waals surface area (Å²) in [6, 6.07) is 2.60. The molecule has 1 aliphatic heterocycles. The van der Waals surface area contributed by atoms with Gasteiger partial charge < -0.3 is 20.1 Å². The van der Waals surface area contributed by atoms with Gasteiger partial charge in [0.2, 0.25) is 0 Å². The molecule has 28 heavy (non-hydrogen) atoms. The Kier molecular flexibility index (Phi) is 5.77. The van der Waals surface area contributed by atoms with Crippen LogP contribution < -0.4 is 10.2 Å². The number of hydrogen-bond acceptors (Lipinski definition) is 5. The Morgan fingerprint density at radius 2 is 1.96 bits per heavy atom. The summed E-state index contributed by atoms with van der Waals surface area (Å²) in [6.07, 6.45) is -5.23. The number of nitrogens with one attached hydrogen (secondary N) is 1. The van der Waals surface area contributed by atoms with E-state index in [0.717, 1.165) is 6.07 Å². The topological polar surface area (TPSA) is 103 Å². The van der Waals surface area contributed by atoms with E-state index in [4.69, 9.17) is 10.00 Å². The van der Waals surface area contributed by atoms with Crippen LogP contribution in [-0.2, 0) is 10.9 Å². The highest BCUT2D eigenvalue weighted by Crippen LogP contribution is 2.40. The van der Waals surface area contributed by atoms with Crippen molar-refractivity contribution in [3.05, 3.63) is 28.8 Å². The number of rotatable bonds is 3. The molecule has 1 aromatic rings. The SMILES string of the molecule is CC(C)(C)OC(=O)N[C@@H]1CCN(c2c(C(=O)O)cc(C#N)cc2C(F)(F)F)C1. The maximum atomic E-state index is 13.5. The zero-order valence-electron chi connectivity index (χ0n) is 15.6. The summed E-state index contributed by atoms with van der Waals surface area (Å²) in [4.78, 5) is 24.7. The predicted molar refractivity (Wildman–Crippen MR) is 93.1 cm³/mol. The number of ether oxygens (including phenoxy) is 1. The molecule has 2 rings (SSSR count). The fraction of sp³-hybridized carbons (Fsp3) is 0.500. The standard InChI is InChI=1S/C18H20F3N3O4/c1-17(2,3)28-16(27)23-11-4-5-24(9-11)14-12(15(25)26)6-10(8-22)7-13(14)18(19,20)21/h6-7,11H,4-5,9H2,1-3H3,(H,23,27)(H,25,26)/t11-/m1/s1. The van der Waals surface area contributed by atoms with E-state index in [-0.39, 0.29) is 13.1 Å². The molecule has 0 saturated carbocycles. The second kappa shape index (κ2) is 7.58. The molecule has 1 aromatic carbocycles. The average Bonchev–Trinajstić information content (AvgIpc) is 2.98. The molecule has 1 amide bonds. The number of nitriles is 1. The highest BCUT2D eigenvalue weighted by Gasteiger charge is 2.40. The highest BCUT2D eigenvalue weighted by molar-refractivity contribution is 5.96. The molecule has 0 spiro atoms. The van der Waals surface area contributed by atoms with E-state index in [9.17, 15) is 27.9 Å². The normalized spacial score (nSPS) is 17.2. The number of carboxylic acids is 1.